The summed E-state index contributed by atoms with van der Waals surface area (Å²) in [6.07, 6.45) is 0. The van der Waals surface area contributed by atoms with E-state index in [-0.39, 0.29) is 11.6 Å². The van der Waals surface area contributed by atoms with E-state index >= 15 is 0 Å². The van der Waals surface area contributed by atoms with Crippen LogP contribution in [0.25, 0.3) is 5.57 Å². The number of benzene rings is 3. The molecule has 0 atom stereocenters. The van der Waals surface area contributed by atoms with Gasteiger partial charge in [0.15, 0.2) is 0 Å². The average molecular weight is 443 g/mol. The van der Waals surface area contributed by atoms with Gasteiger partial charge in [-0.3, -0.25) is 9.59 Å². The smallest absolute Gasteiger partial charge is 0.282 e. The van der Waals surface area contributed by atoms with Crippen molar-refractivity contribution < 1.29 is 19.1 Å². The van der Waals surface area contributed by atoms with Crippen molar-refractivity contribution >= 4 is 28.8 Å². The molecule has 4 rings (SSSR count). The zero-order valence-electron chi connectivity index (χ0n) is 19.1. The highest BCUT2D eigenvalue weighted by molar-refractivity contribution is 6.46. The minimum atomic E-state index is -0.417. The van der Waals surface area contributed by atoms with E-state index in [0.29, 0.717) is 40.6 Å². The Bertz CT molecular complexity index is 1220. The number of rotatable bonds is 7. The first-order valence-electron chi connectivity index (χ1n) is 10.8. The summed E-state index contributed by atoms with van der Waals surface area (Å²) in [5, 5.41) is 3.17. The first kappa shape index (κ1) is 22.1. The van der Waals surface area contributed by atoms with E-state index in [0.717, 1.165) is 11.1 Å². The van der Waals surface area contributed by atoms with E-state index in [2.05, 4.69) is 5.32 Å². The lowest BCUT2D eigenvalue weighted by atomic mass is 10.0. The van der Waals surface area contributed by atoms with Crippen LogP contribution in [0.5, 0.6) is 11.5 Å². The van der Waals surface area contributed by atoms with Crippen LogP contribution in [0.15, 0.2) is 72.4 Å². The van der Waals surface area contributed by atoms with Crippen molar-refractivity contribution in [1.82, 2.24) is 0 Å². The molecule has 0 radical (unpaired) electrons. The normalized spacial score (nSPS) is 13.5. The fraction of sp³-hybridized carbons (Fsp3) is 0.185. The van der Waals surface area contributed by atoms with Gasteiger partial charge < -0.3 is 14.8 Å². The molecule has 0 saturated carbocycles. The highest BCUT2D eigenvalue weighted by atomic mass is 16.5. The number of para-hydroxylation sites is 2. The Hall–Kier alpha value is -4.06. The lowest BCUT2D eigenvalue weighted by molar-refractivity contribution is -0.120. The molecule has 168 valence electrons. The van der Waals surface area contributed by atoms with E-state index in [1.165, 1.54) is 4.90 Å². The highest BCUT2D eigenvalue weighted by Gasteiger charge is 2.40. The summed E-state index contributed by atoms with van der Waals surface area (Å²) in [4.78, 5) is 28.5. The first-order chi connectivity index (χ1) is 15.9. The van der Waals surface area contributed by atoms with E-state index in [1.807, 2.05) is 51.1 Å². The Balaban J connectivity index is 1.83. The SMILES string of the molecule is CCOc1ccc(C2=C(Nc3ccccc3OC)C(=O)N(c3cc(C)cc(C)c3)C2=O)cc1. The summed E-state index contributed by atoms with van der Waals surface area (Å²) < 4.78 is 11.0. The molecule has 0 aliphatic carbocycles. The number of imide groups is 1. The Labute approximate surface area is 193 Å². The third-order valence-corrected chi connectivity index (χ3v) is 5.37. The van der Waals surface area contributed by atoms with Crippen molar-refractivity contribution in [2.75, 3.05) is 23.9 Å². The van der Waals surface area contributed by atoms with Gasteiger partial charge in [0.05, 0.1) is 30.7 Å². The van der Waals surface area contributed by atoms with Gasteiger partial charge in [-0.05, 0) is 73.9 Å². The molecule has 1 N–H and O–H groups in total. The van der Waals surface area contributed by atoms with Crippen molar-refractivity contribution in [2.45, 2.75) is 20.8 Å². The Morgan fingerprint density at radius 1 is 0.879 bits per heavy atom. The third kappa shape index (κ3) is 4.32. The van der Waals surface area contributed by atoms with E-state index in [4.69, 9.17) is 9.47 Å². The number of methoxy groups -OCH3 is 1. The summed E-state index contributed by atoms with van der Waals surface area (Å²) in [5.41, 5.74) is 4.21. The second-order valence-corrected chi connectivity index (χ2v) is 7.82. The van der Waals surface area contributed by atoms with Crippen molar-refractivity contribution in [3.05, 3.63) is 89.1 Å². The van der Waals surface area contributed by atoms with Crippen LogP contribution in [0.2, 0.25) is 0 Å². The van der Waals surface area contributed by atoms with Gasteiger partial charge in [0.1, 0.15) is 17.2 Å². The quantitative estimate of drug-likeness (QED) is 0.515. The number of nitrogens with zero attached hydrogens (tertiary/aromatic N) is 1. The Morgan fingerprint density at radius 3 is 2.18 bits per heavy atom. The van der Waals surface area contributed by atoms with Gasteiger partial charge in [-0.25, -0.2) is 4.90 Å². The summed E-state index contributed by atoms with van der Waals surface area (Å²) in [6.45, 7) is 6.33. The Morgan fingerprint density at radius 2 is 1.55 bits per heavy atom. The largest absolute Gasteiger partial charge is 0.495 e. The van der Waals surface area contributed by atoms with Gasteiger partial charge in [0, 0.05) is 0 Å². The molecule has 0 unspecified atom stereocenters. The maximum absolute atomic E-state index is 13.6. The molecular formula is C27H26N2O4. The van der Waals surface area contributed by atoms with Crippen LogP contribution in [0, 0.1) is 13.8 Å². The maximum Gasteiger partial charge on any atom is 0.282 e. The molecule has 6 heteroatoms. The molecule has 33 heavy (non-hydrogen) atoms. The van der Waals surface area contributed by atoms with Gasteiger partial charge in [0.25, 0.3) is 11.8 Å². The summed E-state index contributed by atoms with van der Waals surface area (Å²) in [5.74, 6) is 0.469. The van der Waals surface area contributed by atoms with Gasteiger partial charge in [-0.2, -0.15) is 0 Å². The molecule has 6 nitrogen and oxygen atoms in total. The Kier molecular flexibility index (Phi) is 6.18. The molecule has 1 aliphatic rings. The van der Waals surface area contributed by atoms with Crippen LogP contribution in [-0.2, 0) is 9.59 Å². The topological polar surface area (TPSA) is 67.9 Å². The van der Waals surface area contributed by atoms with Gasteiger partial charge >= 0.3 is 0 Å². The fourth-order valence-electron chi connectivity index (χ4n) is 3.99. The van der Waals surface area contributed by atoms with Gasteiger partial charge in [0.2, 0.25) is 0 Å². The van der Waals surface area contributed by atoms with E-state index in [9.17, 15) is 9.59 Å². The number of carbonyl (C=O) groups is 2. The monoisotopic (exact) mass is 442 g/mol. The lowest BCUT2D eigenvalue weighted by Crippen LogP contribution is -2.32. The van der Waals surface area contributed by atoms with E-state index in [1.54, 1.807) is 43.5 Å². The number of hydrogen-bond acceptors (Lipinski definition) is 5. The molecule has 2 amide bonds. The highest BCUT2D eigenvalue weighted by Crippen LogP contribution is 2.36. The summed E-state index contributed by atoms with van der Waals surface area (Å²) in [6, 6.07) is 20.1. The van der Waals surface area contributed by atoms with Crippen LogP contribution < -0.4 is 19.7 Å². The zero-order valence-corrected chi connectivity index (χ0v) is 19.1. The molecule has 0 saturated heterocycles. The average Bonchev–Trinajstić information content (AvgIpc) is 3.03. The van der Waals surface area contributed by atoms with Crippen molar-refractivity contribution in [3.8, 4) is 11.5 Å². The van der Waals surface area contributed by atoms with E-state index < -0.39 is 5.91 Å². The van der Waals surface area contributed by atoms with Crippen LogP contribution in [-0.4, -0.2) is 25.5 Å². The van der Waals surface area contributed by atoms with Crippen molar-refractivity contribution in [3.63, 3.8) is 0 Å². The molecule has 0 fully saturated rings. The minimum Gasteiger partial charge on any atom is -0.495 e. The van der Waals surface area contributed by atoms with Crippen LogP contribution in [0.4, 0.5) is 11.4 Å². The second kappa shape index (κ2) is 9.20. The molecule has 3 aromatic rings. The van der Waals surface area contributed by atoms with Crippen LogP contribution >= 0.6 is 0 Å². The molecule has 1 aliphatic heterocycles. The number of carbonyl (C=O) groups excluding carboxylic acids is 2. The number of nitrogens with one attached hydrogen (secondary N) is 1. The number of amides is 2. The van der Waals surface area contributed by atoms with Crippen LogP contribution in [0.3, 0.4) is 0 Å². The minimum absolute atomic E-state index is 0.202. The first-order valence-corrected chi connectivity index (χ1v) is 10.8. The van der Waals surface area contributed by atoms with Crippen LogP contribution in [0.1, 0.15) is 23.6 Å². The molecular weight excluding hydrogens is 416 g/mol. The predicted molar refractivity (Wildman–Crippen MR) is 130 cm³/mol. The number of anilines is 2. The molecule has 0 bridgehead atoms. The lowest BCUT2D eigenvalue weighted by Gasteiger charge is -2.17. The number of aryl methyl sites for hydroxylation is 2. The second-order valence-electron chi connectivity index (χ2n) is 7.82. The number of ether oxygens (including phenoxy) is 2. The molecule has 1 heterocycles. The third-order valence-electron chi connectivity index (χ3n) is 5.37. The standard InChI is InChI=1S/C27H26N2O4/c1-5-33-21-12-10-19(11-13-21)24-25(28-22-8-6-7-9-23(22)32-4)27(31)29(26(24)30)20-15-17(2)14-18(3)16-20/h6-16,28H,5H2,1-4H3. The van der Waals surface area contributed by atoms with Gasteiger partial charge in [-0.15, -0.1) is 0 Å². The number of hydrogen-bond donors (Lipinski definition) is 1. The molecule has 3 aromatic carbocycles. The molecule has 0 aromatic heterocycles. The summed E-state index contributed by atoms with van der Waals surface area (Å²) >= 11 is 0. The van der Waals surface area contributed by atoms with Gasteiger partial charge in [-0.1, -0.05) is 30.3 Å². The zero-order chi connectivity index (χ0) is 23.5. The fourth-order valence-corrected chi connectivity index (χ4v) is 3.99. The predicted octanol–water partition coefficient (Wildman–Crippen LogP) is 5.11. The molecule has 0 spiro atoms. The maximum atomic E-state index is 13.6. The summed E-state index contributed by atoms with van der Waals surface area (Å²) in [7, 11) is 1.56. The van der Waals surface area contributed by atoms with Crippen molar-refractivity contribution in [1.29, 1.82) is 0 Å². The van der Waals surface area contributed by atoms with Crippen molar-refractivity contribution in [2.24, 2.45) is 0 Å².